The first-order valence-electron chi connectivity index (χ1n) is 7.03. The zero-order chi connectivity index (χ0) is 15.4. The van der Waals surface area contributed by atoms with Crippen LogP contribution in [0.25, 0.3) is 0 Å². The summed E-state index contributed by atoms with van der Waals surface area (Å²) in [6.07, 6.45) is 2.02. The molecule has 9 nitrogen and oxygen atoms in total. The second kappa shape index (κ2) is 6.64. The predicted octanol–water partition coefficient (Wildman–Crippen LogP) is 0.875. The van der Waals surface area contributed by atoms with Crippen LogP contribution in [-0.4, -0.2) is 45.5 Å². The topological polar surface area (TPSA) is 122 Å². The average Bonchev–Trinajstić information content (AvgIpc) is 2.46. The molecule has 0 radical (unpaired) electrons. The van der Waals surface area contributed by atoms with Crippen molar-refractivity contribution in [1.29, 1.82) is 0 Å². The van der Waals surface area contributed by atoms with Gasteiger partial charge >= 0.3 is 5.69 Å². The quantitative estimate of drug-likeness (QED) is 0.415. The number of hydrogen-bond acceptors (Lipinski definition) is 8. The highest BCUT2D eigenvalue weighted by Gasteiger charge is 2.26. The lowest BCUT2D eigenvalue weighted by Gasteiger charge is -2.32. The molecule has 1 saturated heterocycles. The van der Waals surface area contributed by atoms with E-state index in [1.807, 2.05) is 0 Å². The number of nitrogen functional groups attached to an aromatic ring is 1. The maximum absolute atomic E-state index is 11.2. The Bertz CT molecular complexity index is 523. The third-order valence-electron chi connectivity index (χ3n) is 3.66. The summed E-state index contributed by atoms with van der Waals surface area (Å²) < 4.78 is 0. The summed E-state index contributed by atoms with van der Waals surface area (Å²) in [5.74, 6) is 5.71. The average molecular weight is 295 g/mol. The van der Waals surface area contributed by atoms with Gasteiger partial charge in [-0.1, -0.05) is 6.92 Å². The summed E-state index contributed by atoms with van der Waals surface area (Å²) in [7, 11) is 0. The summed E-state index contributed by atoms with van der Waals surface area (Å²) in [6, 6.07) is 0.136. The predicted molar refractivity (Wildman–Crippen MR) is 80.0 cm³/mol. The fourth-order valence-electron chi connectivity index (χ4n) is 2.60. The summed E-state index contributed by atoms with van der Waals surface area (Å²) >= 11 is 0. The van der Waals surface area contributed by atoms with E-state index in [2.05, 4.69) is 32.5 Å². The first-order chi connectivity index (χ1) is 10.0. The van der Waals surface area contributed by atoms with Gasteiger partial charge in [0, 0.05) is 12.6 Å². The Hall–Kier alpha value is -2.00. The van der Waals surface area contributed by atoms with E-state index in [1.54, 1.807) is 6.92 Å². The Labute approximate surface area is 123 Å². The van der Waals surface area contributed by atoms with Crippen LogP contribution in [0.3, 0.4) is 0 Å². The molecule has 1 aliphatic heterocycles. The molecule has 1 atom stereocenters. The Morgan fingerprint density at radius 2 is 2.29 bits per heavy atom. The van der Waals surface area contributed by atoms with Gasteiger partial charge in [0.2, 0.25) is 11.8 Å². The van der Waals surface area contributed by atoms with E-state index >= 15 is 0 Å². The number of piperidine rings is 1. The maximum atomic E-state index is 11.2. The van der Waals surface area contributed by atoms with Crippen molar-refractivity contribution in [1.82, 2.24) is 14.9 Å². The molecule has 1 aliphatic rings. The van der Waals surface area contributed by atoms with Crippen molar-refractivity contribution >= 4 is 17.5 Å². The van der Waals surface area contributed by atoms with E-state index in [0.717, 1.165) is 32.5 Å². The number of aromatic nitrogens is 2. The van der Waals surface area contributed by atoms with Gasteiger partial charge < -0.3 is 10.2 Å². The van der Waals surface area contributed by atoms with E-state index < -0.39 is 4.92 Å². The van der Waals surface area contributed by atoms with Crippen LogP contribution in [0.2, 0.25) is 0 Å². The Balaban J connectivity index is 2.25. The van der Waals surface area contributed by atoms with E-state index in [9.17, 15) is 10.1 Å². The van der Waals surface area contributed by atoms with E-state index in [-0.39, 0.29) is 29.2 Å². The third kappa shape index (κ3) is 3.56. The number of anilines is 2. The van der Waals surface area contributed by atoms with Gasteiger partial charge in [-0.05, 0) is 32.9 Å². The van der Waals surface area contributed by atoms with Crippen LogP contribution in [0, 0.1) is 17.0 Å². The summed E-state index contributed by atoms with van der Waals surface area (Å²) in [4.78, 5) is 21.1. The number of likely N-dealkylation sites (tertiary alicyclic amines) is 1. The molecule has 1 fully saturated rings. The highest BCUT2D eigenvalue weighted by Crippen LogP contribution is 2.28. The molecule has 2 heterocycles. The number of likely N-dealkylation sites (N-methyl/N-ethyl adjacent to an activating group) is 1. The number of rotatable bonds is 5. The number of aryl methyl sites for hydroxylation is 1. The van der Waals surface area contributed by atoms with Crippen molar-refractivity contribution in [3.63, 3.8) is 0 Å². The van der Waals surface area contributed by atoms with Crippen molar-refractivity contribution in [3.8, 4) is 0 Å². The SMILES string of the molecule is CCN1CCCC(Nc2nc(NN)nc(C)c2[N+](=O)[O-])C1. The molecule has 0 spiro atoms. The van der Waals surface area contributed by atoms with E-state index in [4.69, 9.17) is 5.84 Å². The molecule has 0 aromatic carbocycles. The Kier molecular flexibility index (Phi) is 4.86. The minimum atomic E-state index is -0.460. The lowest BCUT2D eigenvalue weighted by Crippen LogP contribution is -2.42. The smallest absolute Gasteiger partial charge is 0.332 e. The fourth-order valence-corrected chi connectivity index (χ4v) is 2.60. The minimum absolute atomic E-state index is 0.0948. The van der Waals surface area contributed by atoms with E-state index in [1.165, 1.54) is 0 Å². The number of nitrogens with one attached hydrogen (secondary N) is 2. The molecule has 0 amide bonds. The number of hydrogen-bond donors (Lipinski definition) is 3. The molecule has 9 heteroatoms. The van der Waals surface area contributed by atoms with Gasteiger partial charge in [-0.2, -0.15) is 4.98 Å². The van der Waals surface area contributed by atoms with Gasteiger partial charge in [0.1, 0.15) is 5.69 Å². The van der Waals surface area contributed by atoms with Crippen LogP contribution in [-0.2, 0) is 0 Å². The Morgan fingerprint density at radius 1 is 1.52 bits per heavy atom. The zero-order valence-corrected chi connectivity index (χ0v) is 12.3. The van der Waals surface area contributed by atoms with Crippen LogP contribution >= 0.6 is 0 Å². The standard InChI is InChI=1S/C12H21N7O2/c1-3-18-6-4-5-9(7-18)15-11-10(19(20)21)8(2)14-12(16-11)17-13/h9H,3-7,13H2,1-2H3,(H2,14,15,16,17). The number of hydrazine groups is 1. The summed E-state index contributed by atoms with van der Waals surface area (Å²) in [5.41, 5.74) is 2.53. The number of nitro groups is 1. The molecule has 0 bridgehead atoms. The molecule has 1 aromatic rings. The molecule has 1 aromatic heterocycles. The van der Waals surface area contributed by atoms with Gasteiger partial charge in [-0.15, -0.1) is 0 Å². The van der Waals surface area contributed by atoms with E-state index in [0.29, 0.717) is 0 Å². The van der Waals surface area contributed by atoms with Crippen molar-refractivity contribution in [3.05, 3.63) is 15.8 Å². The highest BCUT2D eigenvalue weighted by atomic mass is 16.6. The van der Waals surface area contributed by atoms with Crippen molar-refractivity contribution < 1.29 is 4.92 Å². The molecule has 21 heavy (non-hydrogen) atoms. The molecular formula is C12H21N7O2. The van der Waals surface area contributed by atoms with Crippen molar-refractivity contribution in [2.24, 2.45) is 5.84 Å². The van der Waals surface area contributed by atoms with Crippen LogP contribution in [0.15, 0.2) is 0 Å². The zero-order valence-electron chi connectivity index (χ0n) is 12.3. The molecular weight excluding hydrogens is 274 g/mol. The molecule has 1 unspecified atom stereocenters. The van der Waals surface area contributed by atoms with Crippen molar-refractivity contribution in [2.45, 2.75) is 32.7 Å². The van der Waals surface area contributed by atoms with Crippen LogP contribution in [0.1, 0.15) is 25.5 Å². The first kappa shape index (κ1) is 15.4. The summed E-state index contributed by atoms with van der Waals surface area (Å²) in [6.45, 7) is 6.57. The molecule has 0 saturated carbocycles. The van der Waals surface area contributed by atoms with Gasteiger partial charge in [-0.25, -0.2) is 10.8 Å². The number of nitrogens with zero attached hydrogens (tertiary/aromatic N) is 4. The molecule has 116 valence electrons. The Morgan fingerprint density at radius 3 is 2.90 bits per heavy atom. The molecule has 2 rings (SSSR count). The van der Waals surface area contributed by atoms with Crippen LogP contribution < -0.4 is 16.6 Å². The summed E-state index contributed by atoms with van der Waals surface area (Å²) in [5, 5.41) is 14.4. The van der Waals surface area contributed by atoms with Gasteiger partial charge in [0.15, 0.2) is 0 Å². The molecule has 4 N–H and O–H groups in total. The van der Waals surface area contributed by atoms with Crippen LogP contribution in [0.4, 0.5) is 17.5 Å². The minimum Gasteiger partial charge on any atom is -0.360 e. The van der Waals surface area contributed by atoms with Gasteiger partial charge in [0.05, 0.1) is 4.92 Å². The van der Waals surface area contributed by atoms with Gasteiger partial charge in [-0.3, -0.25) is 15.5 Å². The van der Waals surface area contributed by atoms with Crippen molar-refractivity contribution in [2.75, 3.05) is 30.4 Å². The largest absolute Gasteiger partial charge is 0.360 e. The fraction of sp³-hybridized carbons (Fsp3) is 0.667. The lowest BCUT2D eigenvalue weighted by atomic mass is 10.1. The monoisotopic (exact) mass is 295 g/mol. The highest BCUT2D eigenvalue weighted by molar-refractivity contribution is 5.61. The first-order valence-corrected chi connectivity index (χ1v) is 7.03. The van der Waals surface area contributed by atoms with Crippen LogP contribution in [0.5, 0.6) is 0 Å². The normalized spacial score (nSPS) is 19.3. The second-order valence-corrected chi connectivity index (χ2v) is 5.11. The third-order valence-corrected chi connectivity index (χ3v) is 3.66. The second-order valence-electron chi connectivity index (χ2n) is 5.11. The molecule has 0 aliphatic carbocycles. The lowest BCUT2D eigenvalue weighted by molar-refractivity contribution is -0.385. The maximum Gasteiger partial charge on any atom is 0.332 e. The number of nitrogens with two attached hydrogens (primary N) is 1. The van der Waals surface area contributed by atoms with Gasteiger partial charge in [0.25, 0.3) is 0 Å².